The highest BCUT2D eigenvalue weighted by atomic mass is 16.1. The van der Waals surface area contributed by atoms with E-state index in [9.17, 15) is 4.79 Å². The first-order valence-electron chi connectivity index (χ1n) is 13.7. The monoisotopic (exact) mass is 511 g/mol. The Bertz CT molecular complexity index is 1180. The normalized spacial score (nSPS) is 12.3. The van der Waals surface area contributed by atoms with E-state index in [1.807, 2.05) is 55.5 Å². The number of carbonyl (C=O) groups excluding carboxylic acids is 1. The van der Waals surface area contributed by atoms with E-state index >= 15 is 0 Å². The number of nitrogens with one attached hydrogen (secondary N) is 3. The Hall–Kier alpha value is -3.93. The topological polar surface area (TPSA) is 81.1 Å². The SMILES string of the molecule is CCCCCC.Cc1ccc(NC(=O)c2ccccc2NCc2ccc(C(=N)N3CC=CCC3)cc2)nc1. The average Bonchev–Trinajstić information content (AvgIpc) is 2.97. The van der Waals surface area contributed by atoms with Crippen molar-refractivity contribution in [2.45, 2.75) is 59.4 Å². The minimum atomic E-state index is -0.205. The number of aryl methyl sites for hydroxylation is 1. The molecule has 0 saturated carbocycles. The van der Waals surface area contributed by atoms with Gasteiger partial charge in [-0.2, -0.15) is 0 Å². The summed E-state index contributed by atoms with van der Waals surface area (Å²) in [6.45, 7) is 8.67. The molecule has 2 heterocycles. The molecule has 0 unspecified atom stereocenters. The van der Waals surface area contributed by atoms with Crippen LogP contribution in [0, 0.1) is 12.3 Å². The van der Waals surface area contributed by atoms with Crippen molar-refractivity contribution in [2.24, 2.45) is 0 Å². The molecule has 1 aromatic heterocycles. The summed E-state index contributed by atoms with van der Waals surface area (Å²) in [5.74, 6) is 0.877. The number of pyridine rings is 1. The van der Waals surface area contributed by atoms with Crippen molar-refractivity contribution >= 4 is 23.2 Å². The molecule has 3 aromatic rings. The van der Waals surface area contributed by atoms with Crippen molar-refractivity contribution in [3.05, 3.63) is 101 Å². The highest BCUT2D eigenvalue weighted by Gasteiger charge is 2.13. The molecule has 4 rings (SSSR count). The molecule has 3 N–H and O–H groups in total. The fourth-order valence-corrected chi connectivity index (χ4v) is 4.07. The van der Waals surface area contributed by atoms with Crippen LogP contribution < -0.4 is 10.6 Å². The Kier molecular flexibility index (Phi) is 11.6. The first-order chi connectivity index (χ1) is 18.5. The molecule has 0 spiro atoms. The van der Waals surface area contributed by atoms with Gasteiger partial charge in [0.05, 0.1) is 5.56 Å². The van der Waals surface area contributed by atoms with Gasteiger partial charge in [0.15, 0.2) is 0 Å². The van der Waals surface area contributed by atoms with Crippen LogP contribution in [0.3, 0.4) is 0 Å². The molecule has 6 nitrogen and oxygen atoms in total. The number of unbranched alkanes of at least 4 members (excludes halogenated alkanes) is 3. The van der Waals surface area contributed by atoms with Crippen molar-refractivity contribution in [3.8, 4) is 0 Å². The lowest BCUT2D eigenvalue weighted by Crippen LogP contribution is -2.33. The van der Waals surface area contributed by atoms with Crippen molar-refractivity contribution in [1.29, 1.82) is 5.41 Å². The number of nitrogens with zero attached hydrogens (tertiary/aromatic N) is 2. The van der Waals surface area contributed by atoms with Gasteiger partial charge in [-0.15, -0.1) is 0 Å². The molecule has 0 aliphatic carbocycles. The predicted molar refractivity (Wildman–Crippen MR) is 159 cm³/mol. The molecule has 38 heavy (non-hydrogen) atoms. The van der Waals surface area contributed by atoms with Gasteiger partial charge in [-0.3, -0.25) is 10.2 Å². The zero-order valence-electron chi connectivity index (χ0n) is 23.0. The third-order valence-corrected chi connectivity index (χ3v) is 6.37. The Morgan fingerprint density at radius 2 is 1.71 bits per heavy atom. The number of amidine groups is 1. The molecule has 0 atom stereocenters. The smallest absolute Gasteiger partial charge is 0.258 e. The van der Waals surface area contributed by atoms with Crippen LogP contribution in [-0.2, 0) is 6.54 Å². The van der Waals surface area contributed by atoms with Crippen molar-refractivity contribution in [3.63, 3.8) is 0 Å². The Morgan fingerprint density at radius 1 is 0.974 bits per heavy atom. The van der Waals surface area contributed by atoms with Gasteiger partial charge in [0.25, 0.3) is 5.91 Å². The molecule has 1 aliphatic rings. The number of carbonyl (C=O) groups is 1. The van der Waals surface area contributed by atoms with E-state index in [1.54, 1.807) is 18.3 Å². The lowest BCUT2D eigenvalue weighted by Gasteiger charge is -2.26. The first kappa shape index (κ1) is 28.6. The molecule has 6 heteroatoms. The zero-order chi connectivity index (χ0) is 27.2. The quantitative estimate of drug-likeness (QED) is 0.121. The molecule has 1 amide bonds. The highest BCUT2D eigenvalue weighted by molar-refractivity contribution is 6.07. The van der Waals surface area contributed by atoms with Gasteiger partial charge in [-0.05, 0) is 42.7 Å². The van der Waals surface area contributed by atoms with Gasteiger partial charge >= 0.3 is 0 Å². The second-order valence-corrected chi connectivity index (χ2v) is 9.53. The highest BCUT2D eigenvalue weighted by Crippen LogP contribution is 2.19. The van der Waals surface area contributed by atoms with Gasteiger partial charge in [-0.1, -0.05) is 94.1 Å². The largest absolute Gasteiger partial charge is 0.380 e. The number of hydrogen-bond acceptors (Lipinski definition) is 4. The van der Waals surface area contributed by atoms with E-state index < -0.39 is 0 Å². The molecule has 200 valence electrons. The van der Waals surface area contributed by atoms with Crippen LogP contribution in [0.1, 0.15) is 73.0 Å². The molecule has 0 radical (unpaired) electrons. The summed E-state index contributed by atoms with van der Waals surface area (Å²) >= 11 is 0. The Labute approximate surface area is 227 Å². The van der Waals surface area contributed by atoms with Crippen LogP contribution in [0.4, 0.5) is 11.5 Å². The van der Waals surface area contributed by atoms with Crippen LogP contribution in [0.2, 0.25) is 0 Å². The summed E-state index contributed by atoms with van der Waals surface area (Å²) in [6, 6.07) is 19.2. The summed E-state index contributed by atoms with van der Waals surface area (Å²) in [4.78, 5) is 19.1. The number of para-hydroxylation sites is 1. The predicted octanol–water partition coefficient (Wildman–Crippen LogP) is 7.43. The first-order valence-corrected chi connectivity index (χ1v) is 13.7. The van der Waals surface area contributed by atoms with E-state index in [0.29, 0.717) is 23.8 Å². The lowest BCUT2D eigenvalue weighted by atomic mass is 10.1. The molecular weight excluding hydrogens is 470 g/mol. The van der Waals surface area contributed by atoms with E-state index in [1.165, 1.54) is 25.7 Å². The van der Waals surface area contributed by atoms with Crippen LogP contribution >= 0.6 is 0 Å². The lowest BCUT2D eigenvalue weighted by molar-refractivity contribution is 0.102. The average molecular weight is 512 g/mol. The number of aromatic nitrogens is 1. The second kappa shape index (κ2) is 15.4. The third-order valence-electron chi connectivity index (χ3n) is 6.37. The van der Waals surface area contributed by atoms with Crippen molar-refractivity contribution < 1.29 is 4.79 Å². The maximum absolute atomic E-state index is 12.8. The van der Waals surface area contributed by atoms with Crippen LogP contribution in [-0.4, -0.2) is 34.7 Å². The van der Waals surface area contributed by atoms with Crippen molar-refractivity contribution in [2.75, 3.05) is 23.7 Å². The van der Waals surface area contributed by atoms with Gasteiger partial charge < -0.3 is 15.5 Å². The number of benzene rings is 2. The van der Waals surface area contributed by atoms with E-state index in [2.05, 4.69) is 46.5 Å². The molecule has 1 aliphatic heterocycles. The van der Waals surface area contributed by atoms with Gasteiger partial charge in [0, 0.05) is 37.1 Å². The van der Waals surface area contributed by atoms with E-state index in [4.69, 9.17) is 5.41 Å². The minimum Gasteiger partial charge on any atom is -0.380 e. The van der Waals surface area contributed by atoms with Crippen LogP contribution in [0.5, 0.6) is 0 Å². The molecular formula is C32H41N5O. The number of rotatable bonds is 9. The second-order valence-electron chi connectivity index (χ2n) is 9.53. The van der Waals surface area contributed by atoms with Gasteiger partial charge in [0.1, 0.15) is 11.7 Å². The maximum Gasteiger partial charge on any atom is 0.258 e. The van der Waals surface area contributed by atoms with Crippen molar-refractivity contribution in [1.82, 2.24) is 9.88 Å². The molecule has 0 fully saturated rings. The van der Waals surface area contributed by atoms with Gasteiger partial charge in [-0.25, -0.2) is 4.98 Å². The number of amides is 1. The fraction of sp³-hybridized carbons (Fsp3) is 0.344. The van der Waals surface area contributed by atoms with Gasteiger partial charge in [0.2, 0.25) is 0 Å². The fourth-order valence-electron chi connectivity index (χ4n) is 4.07. The molecule has 0 bridgehead atoms. The van der Waals surface area contributed by atoms with E-state index in [0.717, 1.165) is 41.9 Å². The maximum atomic E-state index is 12.8. The zero-order valence-corrected chi connectivity index (χ0v) is 23.0. The summed E-state index contributed by atoms with van der Waals surface area (Å²) in [7, 11) is 0. The van der Waals surface area contributed by atoms with Crippen LogP contribution in [0.15, 0.2) is 79.0 Å². The third kappa shape index (κ3) is 8.87. The van der Waals surface area contributed by atoms with Crippen LogP contribution in [0.25, 0.3) is 0 Å². The summed E-state index contributed by atoms with van der Waals surface area (Å²) in [6.07, 6.45) is 12.5. The number of anilines is 2. The summed E-state index contributed by atoms with van der Waals surface area (Å²) in [5.41, 5.74) is 4.35. The van der Waals surface area contributed by atoms with E-state index in [-0.39, 0.29) is 5.91 Å². The Balaban J connectivity index is 0.000000599. The summed E-state index contributed by atoms with van der Waals surface area (Å²) in [5, 5.41) is 14.7. The standard InChI is InChI=1S/C26H27N5O.C6H14/c1-19-9-14-24(29-17-19)30-26(32)22-7-3-4-8-23(22)28-18-20-10-12-21(13-11-20)25(27)31-15-5-2-6-16-31;1-3-5-6-4-2/h2-5,7-14,17,27-28H,6,15-16,18H2,1H3,(H,29,30,32);3-6H2,1-2H3. The molecule has 0 saturated heterocycles. The molecule has 2 aromatic carbocycles. The minimum absolute atomic E-state index is 0.205. The summed E-state index contributed by atoms with van der Waals surface area (Å²) < 4.78 is 0. The number of hydrogen-bond donors (Lipinski definition) is 3. The Morgan fingerprint density at radius 3 is 2.34 bits per heavy atom.